The number of ether oxygens (including phenoxy) is 1. The summed E-state index contributed by atoms with van der Waals surface area (Å²) in [5.74, 6) is -2.32. The maximum absolute atomic E-state index is 13.2. The molecule has 0 unspecified atom stereocenters. The van der Waals surface area contributed by atoms with Crippen LogP contribution in [0.3, 0.4) is 0 Å². The molecule has 0 radical (unpaired) electrons. The first-order valence-corrected chi connectivity index (χ1v) is 7.71. The zero-order chi connectivity index (χ0) is 18.0. The molecule has 0 aromatic heterocycles. The van der Waals surface area contributed by atoms with Gasteiger partial charge in [0.2, 0.25) is 5.91 Å². The van der Waals surface area contributed by atoms with Crippen LogP contribution in [0.25, 0.3) is 0 Å². The molecule has 5 nitrogen and oxygen atoms in total. The Morgan fingerprint density at radius 1 is 1.16 bits per heavy atom. The Morgan fingerprint density at radius 3 is 2.72 bits per heavy atom. The first-order chi connectivity index (χ1) is 12.0. The van der Waals surface area contributed by atoms with Gasteiger partial charge in [-0.15, -0.1) is 0 Å². The van der Waals surface area contributed by atoms with Crippen LogP contribution in [0.4, 0.5) is 14.5 Å². The lowest BCUT2D eigenvalue weighted by Gasteiger charge is -2.18. The summed E-state index contributed by atoms with van der Waals surface area (Å²) in [7, 11) is 1.60. The molecule has 25 heavy (non-hydrogen) atoms. The molecule has 2 aromatic carbocycles. The highest BCUT2D eigenvalue weighted by atomic mass is 19.2. The SMILES string of the molecule is CN(C(=O)CNC(=O)c1ccc(F)c(F)c1)c1ccc2c(c1)CCO2. The van der Waals surface area contributed by atoms with Crippen molar-refractivity contribution in [3.05, 3.63) is 59.2 Å². The van der Waals surface area contributed by atoms with Gasteiger partial charge in [-0.2, -0.15) is 0 Å². The third-order valence-electron chi connectivity index (χ3n) is 4.02. The molecule has 130 valence electrons. The van der Waals surface area contributed by atoms with E-state index in [1.54, 1.807) is 19.2 Å². The molecular weight excluding hydrogens is 330 g/mol. The maximum atomic E-state index is 13.2. The summed E-state index contributed by atoms with van der Waals surface area (Å²) < 4.78 is 31.5. The summed E-state index contributed by atoms with van der Waals surface area (Å²) >= 11 is 0. The van der Waals surface area contributed by atoms with Gasteiger partial charge in [0, 0.05) is 24.7 Å². The van der Waals surface area contributed by atoms with Crippen LogP contribution in [0.15, 0.2) is 36.4 Å². The number of anilines is 1. The predicted molar refractivity (Wildman–Crippen MR) is 87.7 cm³/mol. The van der Waals surface area contributed by atoms with Crippen molar-refractivity contribution in [1.29, 1.82) is 0 Å². The van der Waals surface area contributed by atoms with Gasteiger partial charge in [0.25, 0.3) is 5.91 Å². The summed E-state index contributed by atoms with van der Waals surface area (Å²) in [4.78, 5) is 25.6. The molecule has 1 heterocycles. The number of carbonyl (C=O) groups excluding carboxylic acids is 2. The lowest BCUT2D eigenvalue weighted by atomic mass is 10.1. The molecule has 3 rings (SSSR count). The molecule has 0 saturated heterocycles. The molecule has 1 aliphatic rings. The highest BCUT2D eigenvalue weighted by Gasteiger charge is 2.17. The summed E-state index contributed by atoms with van der Waals surface area (Å²) in [6, 6.07) is 8.25. The number of carbonyl (C=O) groups is 2. The molecule has 2 amide bonds. The Balaban J connectivity index is 1.61. The lowest BCUT2D eigenvalue weighted by molar-refractivity contribution is -0.117. The highest BCUT2D eigenvalue weighted by Crippen LogP contribution is 2.29. The largest absolute Gasteiger partial charge is 0.493 e. The van der Waals surface area contributed by atoms with E-state index in [4.69, 9.17) is 4.74 Å². The minimum absolute atomic E-state index is 0.0518. The minimum atomic E-state index is -1.11. The van der Waals surface area contributed by atoms with E-state index in [2.05, 4.69) is 5.32 Å². The molecule has 0 saturated carbocycles. The molecule has 0 aliphatic carbocycles. The minimum Gasteiger partial charge on any atom is -0.493 e. The zero-order valence-corrected chi connectivity index (χ0v) is 13.5. The number of hydrogen-bond acceptors (Lipinski definition) is 3. The Labute approximate surface area is 143 Å². The number of halogens is 2. The first kappa shape index (κ1) is 16.9. The molecule has 0 bridgehead atoms. The van der Waals surface area contributed by atoms with Gasteiger partial charge in [-0.05, 0) is 42.0 Å². The van der Waals surface area contributed by atoms with E-state index in [9.17, 15) is 18.4 Å². The van der Waals surface area contributed by atoms with Gasteiger partial charge in [0.1, 0.15) is 5.75 Å². The van der Waals surface area contributed by atoms with Crippen LogP contribution in [-0.4, -0.2) is 32.0 Å². The summed E-state index contributed by atoms with van der Waals surface area (Å²) in [5.41, 5.74) is 1.67. The Morgan fingerprint density at radius 2 is 1.96 bits per heavy atom. The van der Waals surface area contributed by atoms with E-state index in [1.165, 1.54) is 4.90 Å². The topological polar surface area (TPSA) is 58.6 Å². The van der Waals surface area contributed by atoms with Crippen molar-refractivity contribution in [3.8, 4) is 5.75 Å². The monoisotopic (exact) mass is 346 g/mol. The van der Waals surface area contributed by atoms with Crippen molar-refractivity contribution >= 4 is 17.5 Å². The fourth-order valence-electron chi connectivity index (χ4n) is 2.54. The van der Waals surface area contributed by atoms with Gasteiger partial charge in [0.15, 0.2) is 11.6 Å². The maximum Gasteiger partial charge on any atom is 0.251 e. The smallest absolute Gasteiger partial charge is 0.251 e. The number of benzene rings is 2. The van der Waals surface area contributed by atoms with Gasteiger partial charge >= 0.3 is 0 Å². The van der Waals surface area contributed by atoms with Gasteiger partial charge in [-0.25, -0.2) is 8.78 Å². The van der Waals surface area contributed by atoms with Crippen molar-refractivity contribution in [3.63, 3.8) is 0 Å². The van der Waals surface area contributed by atoms with Crippen LogP contribution in [0, 0.1) is 11.6 Å². The lowest BCUT2D eigenvalue weighted by Crippen LogP contribution is -2.38. The van der Waals surface area contributed by atoms with Crippen LogP contribution in [0.2, 0.25) is 0 Å². The van der Waals surface area contributed by atoms with E-state index in [0.717, 1.165) is 35.9 Å². The average Bonchev–Trinajstić information content (AvgIpc) is 3.08. The molecule has 0 atom stereocenters. The zero-order valence-electron chi connectivity index (χ0n) is 13.5. The van der Waals surface area contributed by atoms with Gasteiger partial charge in [0.05, 0.1) is 13.2 Å². The Bertz CT molecular complexity index is 839. The number of fused-ring (bicyclic) bond motifs is 1. The second-order valence-corrected chi connectivity index (χ2v) is 5.65. The second kappa shape index (κ2) is 6.88. The number of hydrogen-bond donors (Lipinski definition) is 1. The van der Waals surface area contributed by atoms with Crippen LogP contribution in [-0.2, 0) is 11.2 Å². The standard InChI is InChI=1S/C18H16F2N2O3/c1-22(13-3-5-16-11(8-13)6-7-25-16)17(23)10-21-18(24)12-2-4-14(19)15(20)9-12/h2-5,8-9H,6-7,10H2,1H3,(H,21,24). The molecule has 1 aliphatic heterocycles. The quantitative estimate of drug-likeness (QED) is 0.924. The third-order valence-corrected chi connectivity index (χ3v) is 4.02. The van der Waals surface area contributed by atoms with Crippen LogP contribution < -0.4 is 15.0 Å². The van der Waals surface area contributed by atoms with E-state index in [0.29, 0.717) is 12.3 Å². The van der Waals surface area contributed by atoms with Crippen LogP contribution >= 0.6 is 0 Å². The molecule has 2 aromatic rings. The van der Waals surface area contributed by atoms with Crippen molar-refractivity contribution in [1.82, 2.24) is 5.32 Å². The van der Waals surface area contributed by atoms with Crippen LogP contribution in [0.1, 0.15) is 15.9 Å². The normalized spacial score (nSPS) is 12.3. The van der Waals surface area contributed by atoms with Crippen LogP contribution in [0.5, 0.6) is 5.75 Å². The highest BCUT2D eigenvalue weighted by molar-refractivity contribution is 6.00. The Hall–Kier alpha value is -2.96. The van der Waals surface area contributed by atoms with Crippen molar-refractivity contribution in [2.75, 3.05) is 25.1 Å². The molecular formula is C18H16F2N2O3. The number of likely N-dealkylation sites (N-methyl/N-ethyl adjacent to an activating group) is 1. The Kier molecular flexibility index (Phi) is 4.65. The van der Waals surface area contributed by atoms with E-state index < -0.39 is 17.5 Å². The van der Waals surface area contributed by atoms with Crippen molar-refractivity contribution in [2.45, 2.75) is 6.42 Å². The summed E-state index contributed by atoms with van der Waals surface area (Å²) in [5, 5.41) is 2.40. The first-order valence-electron chi connectivity index (χ1n) is 7.71. The van der Waals surface area contributed by atoms with E-state index in [1.807, 2.05) is 6.07 Å². The number of nitrogens with zero attached hydrogens (tertiary/aromatic N) is 1. The molecule has 7 heteroatoms. The summed E-state index contributed by atoms with van der Waals surface area (Å²) in [6.45, 7) is 0.364. The van der Waals surface area contributed by atoms with E-state index in [-0.39, 0.29) is 18.0 Å². The molecule has 0 spiro atoms. The van der Waals surface area contributed by atoms with Crippen molar-refractivity contribution in [2.24, 2.45) is 0 Å². The molecule has 0 fully saturated rings. The number of nitrogens with one attached hydrogen (secondary N) is 1. The van der Waals surface area contributed by atoms with E-state index >= 15 is 0 Å². The van der Waals surface area contributed by atoms with Gasteiger partial charge in [-0.1, -0.05) is 0 Å². The van der Waals surface area contributed by atoms with Crippen molar-refractivity contribution < 1.29 is 23.1 Å². The fourth-order valence-corrected chi connectivity index (χ4v) is 2.54. The predicted octanol–water partition coefficient (Wildman–Crippen LogP) is 2.29. The van der Waals surface area contributed by atoms with Gasteiger partial charge in [-0.3, -0.25) is 9.59 Å². The summed E-state index contributed by atoms with van der Waals surface area (Å²) in [6.07, 6.45) is 0.790. The van der Waals surface area contributed by atoms with Gasteiger partial charge < -0.3 is 15.0 Å². The number of rotatable bonds is 4. The third kappa shape index (κ3) is 3.60. The molecule has 1 N–H and O–H groups in total. The number of amides is 2. The second-order valence-electron chi connectivity index (χ2n) is 5.65. The fraction of sp³-hybridized carbons (Fsp3) is 0.222. The average molecular weight is 346 g/mol.